The van der Waals surface area contributed by atoms with Crippen molar-refractivity contribution in [3.05, 3.63) is 0 Å². The zero-order valence-corrected chi connectivity index (χ0v) is 17.4. The van der Waals surface area contributed by atoms with Crippen molar-refractivity contribution in [3.63, 3.8) is 0 Å². The van der Waals surface area contributed by atoms with E-state index in [9.17, 15) is 18.3 Å². The predicted molar refractivity (Wildman–Crippen MR) is 97.8 cm³/mol. The third-order valence-electron chi connectivity index (χ3n) is 9.15. The molecule has 1 unspecified atom stereocenters. The molecule has 26 heavy (non-hydrogen) atoms. The van der Waals surface area contributed by atoms with E-state index in [1.807, 2.05) is 13.8 Å². The third-order valence-corrected chi connectivity index (χ3v) is 10.5. The maximum Gasteiger partial charge on any atom is 0.268 e. The topological polar surface area (TPSA) is 80.7 Å². The molecule has 5 rings (SSSR count). The fourth-order valence-electron chi connectivity index (χ4n) is 6.89. The Balaban J connectivity index is 1.55. The van der Waals surface area contributed by atoms with Crippen LogP contribution < -0.4 is 0 Å². The third kappa shape index (κ3) is 2.21. The zero-order valence-electron chi connectivity index (χ0n) is 16.5. The van der Waals surface area contributed by atoms with Crippen LogP contribution in [0.15, 0.2) is 0 Å². The van der Waals surface area contributed by atoms with Crippen molar-refractivity contribution < 1.29 is 22.5 Å². The van der Waals surface area contributed by atoms with Gasteiger partial charge in [0.15, 0.2) is 0 Å². The number of aliphatic hydroxyl groups is 1. The second-order valence-electron chi connectivity index (χ2n) is 10.7. The molecule has 0 radical (unpaired) electrons. The number of carbonyl (C=O) groups is 1. The van der Waals surface area contributed by atoms with Crippen LogP contribution in [0.4, 0.5) is 0 Å². The molecule has 1 N–H and O–H groups in total. The Bertz CT molecular complexity index is 750. The molecular formula is C20H32O5S. The first-order valence-corrected chi connectivity index (χ1v) is 11.5. The number of Topliss-reactive ketones (excluding diaryl/α,β-unsaturated/α-hetero) is 1. The van der Waals surface area contributed by atoms with Crippen molar-refractivity contribution in [1.29, 1.82) is 0 Å². The van der Waals surface area contributed by atoms with Gasteiger partial charge in [0.1, 0.15) is 11.9 Å². The number of hydrogen-bond acceptors (Lipinski definition) is 5. The summed E-state index contributed by atoms with van der Waals surface area (Å²) in [5.41, 5.74) is -2.26. The highest BCUT2D eigenvalue weighted by atomic mass is 32.2. The molecule has 0 saturated heterocycles. The minimum absolute atomic E-state index is 0.0217. The first-order chi connectivity index (χ1) is 11.7. The summed E-state index contributed by atoms with van der Waals surface area (Å²) in [6.07, 6.45) is 2.80. The van der Waals surface area contributed by atoms with Crippen LogP contribution >= 0.6 is 0 Å². The van der Waals surface area contributed by atoms with Gasteiger partial charge in [-0.15, -0.1) is 0 Å². The molecule has 0 heterocycles. The summed E-state index contributed by atoms with van der Waals surface area (Å²) in [7, 11) is -3.90. The lowest BCUT2D eigenvalue weighted by Gasteiger charge is -2.64. The minimum Gasteiger partial charge on any atom is -0.387 e. The van der Waals surface area contributed by atoms with Gasteiger partial charge >= 0.3 is 0 Å². The van der Waals surface area contributed by atoms with Crippen molar-refractivity contribution >= 4 is 15.9 Å². The maximum atomic E-state index is 13.0. The standard InChI is InChI=1S/C20H32O5S/c1-17(2)13-8-14(17)19(5,22)16(10-13)25-26(23,24)11-20-7-6-12(9-15(20)21)18(20,3)4/h12-14,16,22H,6-11H2,1-5H3/t12-,13+,14+,16?,19+,20-/m1/s1. The lowest BCUT2D eigenvalue weighted by Crippen LogP contribution is -2.67. The van der Waals surface area contributed by atoms with Crippen LogP contribution in [0.3, 0.4) is 0 Å². The second kappa shape index (κ2) is 5.12. The molecule has 6 atom stereocenters. The van der Waals surface area contributed by atoms with E-state index in [4.69, 9.17) is 4.18 Å². The fourth-order valence-corrected chi connectivity index (χ4v) is 8.86. The van der Waals surface area contributed by atoms with Crippen LogP contribution in [0.2, 0.25) is 0 Å². The zero-order chi connectivity index (χ0) is 19.3. The summed E-state index contributed by atoms with van der Waals surface area (Å²) < 4.78 is 31.5. The van der Waals surface area contributed by atoms with Gasteiger partial charge in [0.25, 0.3) is 10.1 Å². The first kappa shape index (κ1) is 18.9. The van der Waals surface area contributed by atoms with Crippen molar-refractivity contribution in [1.82, 2.24) is 0 Å². The van der Waals surface area contributed by atoms with Gasteiger partial charge in [-0.25, -0.2) is 0 Å². The number of hydrogen-bond donors (Lipinski definition) is 1. The quantitative estimate of drug-likeness (QED) is 0.754. The van der Waals surface area contributed by atoms with Crippen LogP contribution in [-0.4, -0.2) is 36.8 Å². The Morgan fingerprint density at radius 1 is 1.12 bits per heavy atom. The van der Waals surface area contributed by atoms with Crippen LogP contribution in [0.1, 0.15) is 66.7 Å². The Kier molecular flexibility index (Phi) is 3.72. The van der Waals surface area contributed by atoms with E-state index in [2.05, 4.69) is 13.8 Å². The van der Waals surface area contributed by atoms with E-state index >= 15 is 0 Å². The molecule has 5 nitrogen and oxygen atoms in total. The van der Waals surface area contributed by atoms with Gasteiger partial charge in [-0.2, -0.15) is 8.42 Å². The monoisotopic (exact) mass is 384 g/mol. The second-order valence-corrected chi connectivity index (χ2v) is 12.3. The Labute approximate surface area is 157 Å². The smallest absolute Gasteiger partial charge is 0.268 e. The molecule has 0 spiro atoms. The molecule has 5 saturated carbocycles. The molecule has 0 aromatic heterocycles. The number of rotatable bonds is 4. The van der Waals surface area contributed by atoms with Crippen LogP contribution in [0.5, 0.6) is 0 Å². The van der Waals surface area contributed by atoms with Gasteiger partial charge in [-0.1, -0.05) is 27.7 Å². The van der Waals surface area contributed by atoms with E-state index < -0.39 is 27.2 Å². The van der Waals surface area contributed by atoms with Crippen LogP contribution in [0.25, 0.3) is 0 Å². The van der Waals surface area contributed by atoms with E-state index in [1.165, 1.54) is 0 Å². The van der Waals surface area contributed by atoms with Crippen LogP contribution in [0, 0.1) is 34.0 Å². The summed E-state index contributed by atoms with van der Waals surface area (Å²) in [6.45, 7) is 10.0. The van der Waals surface area contributed by atoms with Crippen molar-refractivity contribution in [2.24, 2.45) is 34.0 Å². The van der Waals surface area contributed by atoms with Gasteiger partial charge in [-0.05, 0) is 61.2 Å². The SMILES string of the molecule is CC1(C)[C@@H]2CC(OS(=O)(=O)C[C@]34CC[C@H](CC3=O)C4(C)C)[C@@](C)(O)[C@H]1C2. The first-order valence-electron chi connectivity index (χ1n) is 9.91. The van der Waals surface area contributed by atoms with Gasteiger partial charge < -0.3 is 5.11 Å². The highest BCUT2D eigenvalue weighted by Crippen LogP contribution is 2.65. The average molecular weight is 385 g/mol. The molecule has 5 fully saturated rings. The molecule has 0 aromatic rings. The molecule has 148 valence electrons. The summed E-state index contributed by atoms with van der Waals surface area (Å²) >= 11 is 0. The normalized spacial score (nSPS) is 48.5. The summed E-state index contributed by atoms with van der Waals surface area (Å²) in [6, 6.07) is 0. The van der Waals surface area contributed by atoms with Crippen LogP contribution in [-0.2, 0) is 19.1 Å². The maximum absolute atomic E-state index is 13.0. The molecule has 0 aromatic carbocycles. The highest BCUT2D eigenvalue weighted by Gasteiger charge is 2.67. The molecule has 0 amide bonds. The largest absolute Gasteiger partial charge is 0.387 e. The van der Waals surface area contributed by atoms with E-state index in [-0.39, 0.29) is 34.2 Å². The Morgan fingerprint density at radius 3 is 2.23 bits per heavy atom. The van der Waals surface area contributed by atoms with E-state index in [0.717, 1.165) is 12.8 Å². The number of carbonyl (C=O) groups excluding carboxylic acids is 1. The lowest BCUT2D eigenvalue weighted by molar-refractivity contribution is -0.237. The van der Waals surface area contributed by atoms with Crippen molar-refractivity contribution in [2.75, 3.05) is 5.75 Å². The van der Waals surface area contributed by atoms with E-state index in [1.54, 1.807) is 6.92 Å². The van der Waals surface area contributed by atoms with Gasteiger partial charge in [0.2, 0.25) is 0 Å². The van der Waals surface area contributed by atoms with E-state index in [0.29, 0.717) is 25.2 Å². The highest BCUT2D eigenvalue weighted by molar-refractivity contribution is 7.86. The lowest BCUT2D eigenvalue weighted by atomic mass is 9.43. The van der Waals surface area contributed by atoms with Gasteiger partial charge in [0, 0.05) is 6.42 Å². The molecule has 6 heteroatoms. The van der Waals surface area contributed by atoms with Gasteiger partial charge in [-0.3, -0.25) is 8.98 Å². The molecule has 4 bridgehead atoms. The van der Waals surface area contributed by atoms with Crippen molar-refractivity contribution in [3.8, 4) is 0 Å². The number of fused-ring (bicyclic) bond motifs is 4. The summed E-state index contributed by atoms with van der Waals surface area (Å²) in [5.74, 6) is 0.536. The molecular weight excluding hydrogens is 352 g/mol. The predicted octanol–water partition coefficient (Wildman–Crippen LogP) is 2.91. The molecule has 5 aliphatic carbocycles. The minimum atomic E-state index is -3.90. The summed E-state index contributed by atoms with van der Waals surface area (Å²) in [4.78, 5) is 12.6. The Hall–Kier alpha value is -0.460. The number of ketones is 1. The molecule has 0 aliphatic heterocycles. The average Bonchev–Trinajstić information content (AvgIpc) is 2.81. The summed E-state index contributed by atoms with van der Waals surface area (Å²) in [5, 5.41) is 11.0. The fraction of sp³-hybridized carbons (Fsp3) is 0.950. The van der Waals surface area contributed by atoms with Crippen molar-refractivity contribution in [2.45, 2.75) is 78.4 Å². The van der Waals surface area contributed by atoms with Gasteiger partial charge in [0.05, 0.1) is 16.8 Å². The Morgan fingerprint density at radius 2 is 1.77 bits per heavy atom. The molecule has 5 aliphatic rings.